The van der Waals surface area contributed by atoms with Crippen LogP contribution in [0.1, 0.15) is 25.3 Å². The number of carbonyl (C=O) groups excluding carboxylic acids is 1. The summed E-state index contributed by atoms with van der Waals surface area (Å²) in [5, 5.41) is 6.50. The molecule has 1 aromatic carbocycles. The second-order valence-corrected chi connectivity index (χ2v) is 6.45. The molecule has 2 fully saturated rings. The number of nitrogens with zero attached hydrogens (tertiary/aromatic N) is 1. The molecule has 0 unspecified atom stereocenters. The van der Waals surface area contributed by atoms with Crippen molar-refractivity contribution in [2.24, 2.45) is 0 Å². The molecule has 1 saturated heterocycles. The molecule has 4 heteroatoms. The first-order valence-electron chi connectivity index (χ1n) is 7.97. The molecular weight excluding hydrogens is 262 g/mol. The van der Waals surface area contributed by atoms with E-state index in [9.17, 15) is 4.79 Å². The molecule has 0 bridgehead atoms. The topological polar surface area (TPSA) is 44.4 Å². The van der Waals surface area contributed by atoms with Crippen LogP contribution in [0.4, 0.5) is 0 Å². The van der Waals surface area contributed by atoms with Crippen LogP contribution in [0.25, 0.3) is 0 Å². The van der Waals surface area contributed by atoms with Gasteiger partial charge in [-0.2, -0.15) is 0 Å². The van der Waals surface area contributed by atoms with Gasteiger partial charge in [-0.3, -0.25) is 9.69 Å². The summed E-state index contributed by atoms with van der Waals surface area (Å²) in [6.07, 6.45) is 2.36. The van der Waals surface area contributed by atoms with E-state index in [2.05, 4.69) is 46.7 Å². The molecule has 1 aliphatic heterocycles. The fourth-order valence-corrected chi connectivity index (χ4v) is 3.14. The van der Waals surface area contributed by atoms with Gasteiger partial charge in [0.25, 0.3) is 0 Å². The molecule has 2 aliphatic rings. The lowest BCUT2D eigenvalue weighted by Gasteiger charge is -2.33. The molecule has 1 amide bonds. The quantitative estimate of drug-likeness (QED) is 0.853. The van der Waals surface area contributed by atoms with Crippen LogP contribution in [-0.4, -0.2) is 49.6 Å². The van der Waals surface area contributed by atoms with Gasteiger partial charge >= 0.3 is 0 Å². The number of piperazine rings is 1. The number of rotatable bonds is 5. The van der Waals surface area contributed by atoms with E-state index < -0.39 is 0 Å². The monoisotopic (exact) mass is 287 g/mol. The highest BCUT2D eigenvalue weighted by atomic mass is 16.2. The summed E-state index contributed by atoms with van der Waals surface area (Å²) in [4.78, 5) is 14.4. The Morgan fingerprint density at radius 3 is 2.81 bits per heavy atom. The molecule has 0 radical (unpaired) electrons. The molecule has 4 nitrogen and oxygen atoms in total. The molecule has 3 rings (SSSR count). The average molecular weight is 287 g/mol. The molecule has 0 spiro atoms. The summed E-state index contributed by atoms with van der Waals surface area (Å²) in [5.74, 6) is 0.158. The second-order valence-electron chi connectivity index (χ2n) is 6.45. The van der Waals surface area contributed by atoms with Gasteiger partial charge in [-0.1, -0.05) is 30.3 Å². The van der Waals surface area contributed by atoms with Gasteiger partial charge in [-0.05, 0) is 25.3 Å². The van der Waals surface area contributed by atoms with E-state index in [-0.39, 0.29) is 11.3 Å². The number of nitrogens with one attached hydrogen (secondary N) is 2. The highest BCUT2D eigenvalue weighted by molar-refractivity contribution is 5.78. The first kappa shape index (κ1) is 14.5. The SMILES string of the molecule is C[C@H]1CNCCN1CC(=O)NCC1(c2ccccc2)CC1. The summed E-state index contributed by atoms with van der Waals surface area (Å²) < 4.78 is 0. The third kappa shape index (κ3) is 3.44. The fraction of sp³-hybridized carbons (Fsp3) is 0.588. The molecule has 1 heterocycles. The minimum absolute atomic E-state index is 0.158. The van der Waals surface area contributed by atoms with Crippen molar-refractivity contribution in [2.45, 2.75) is 31.2 Å². The highest BCUT2D eigenvalue weighted by Gasteiger charge is 2.44. The van der Waals surface area contributed by atoms with Crippen molar-refractivity contribution in [2.75, 3.05) is 32.7 Å². The molecule has 21 heavy (non-hydrogen) atoms. The lowest BCUT2D eigenvalue weighted by Crippen LogP contribution is -2.53. The maximum atomic E-state index is 12.2. The van der Waals surface area contributed by atoms with Crippen LogP contribution in [0.5, 0.6) is 0 Å². The van der Waals surface area contributed by atoms with E-state index in [1.165, 1.54) is 18.4 Å². The van der Waals surface area contributed by atoms with Crippen LogP contribution in [0.2, 0.25) is 0 Å². The number of amides is 1. The minimum atomic E-state index is 0.158. The van der Waals surface area contributed by atoms with Gasteiger partial charge in [0, 0.05) is 37.6 Å². The van der Waals surface area contributed by atoms with Crippen molar-refractivity contribution >= 4 is 5.91 Å². The van der Waals surface area contributed by atoms with Crippen molar-refractivity contribution in [3.8, 4) is 0 Å². The molecule has 2 N–H and O–H groups in total. The highest BCUT2D eigenvalue weighted by Crippen LogP contribution is 2.47. The lowest BCUT2D eigenvalue weighted by atomic mass is 9.96. The molecule has 1 aromatic rings. The summed E-state index contributed by atoms with van der Waals surface area (Å²) in [6, 6.07) is 11.0. The van der Waals surface area contributed by atoms with Gasteiger partial charge in [-0.15, -0.1) is 0 Å². The van der Waals surface area contributed by atoms with Crippen LogP contribution < -0.4 is 10.6 Å². The first-order chi connectivity index (χ1) is 10.2. The van der Waals surface area contributed by atoms with E-state index in [0.717, 1.165) is 26.2 Å². The van der Waals surface area contributed by atoms with Crippen molar-refractivity contribution in [3.63, 3.8) is 0 Å². The summed E-state index contributed by atoms with van der Waals surface area (Å²) in [5.41, 5.74) is 1.56. The maximum absolute atomic E-state index is 12.2. The van der Waals surface area contributed by atoms with Crippen molar-refractivity contribution in [1.29, 1.82) is 0 Å². The lowest BCUT2D eigenvalue weighted by molar-refractivity contribution is -0.123. The normalized spacial score (nSPS) is 24.5. The Balaban J connectivity index is 1.50. The molecular formula is C17H25N3O. The maximum Gasteiger partial charge on any atom is 0.234 e. The van der Waals surface area contributed by atoms with Gasteiger partial charge < -0.3 is 10.6 Å². The third-order valence-electron chi connectivity index (χ3n) is 4.85. The third-order valence-corrected chi connectivity index (χ3v) is 4.85. The van der Waals surface area contributed by atoms with Crippen LogP contribution in [0.15, 0.2) is 30.3 Å². The Labute approximate surface area is 126 Å². The zero-order chi connectivity index (χ0) is 14.7. The Morgan fingerprint density at radius 1 is 1.38 bits per heavy atom. The first-order valence-corrected chi connectivity index (χ1v) is 7.97. The Kier molecular flexibility index (Phi) is 4.27. The fourth-order valence-electron chi connectivity index (χ4n) is 3.14. The van der Waals surface area contributed by atoms with Gasteiger partial charge in [0.15, 0.2) is 0 Å². The number of carbonyl (C=O) groups is 1. The van der Waals surface area contributed by atoms with Crippen LogP contribution in [-0.2, 0) is 10.2 Å². The van der Waals surface area contributed by atoms with E-state index in [4.69, 9.17) is 0 Å². The zero-order valence-corrected chi connectivity index (χ0v) is 12.8. The van der Waals surface area contributed by atoms with E-state index in [1.807, 2.05) is 6.07 Å². The molecule has 1 aliphatic carbocycles. The predicted octanol–water partition coefficient (Wildman–Crippen LogP) is 1.13. The van der Waals surface area contributed by atoms with E-state index in [1.54, 1.807) is 0 Å². The molecule has 0 aromatic heterocycles. The largest absolute Gasteiger partial charge is 0.354 e. The molecule has 1 atom stereocenters. The van der Waals surface area contributed by atoms with Crippen LogP contribution in [0.3, 0.4) is 0 Å². The summed E-state index contributed by atoms with van der Waals surface area (Å²) >= 11 is 0. The van der Waals surface area contributed by atoms with Crippen LogP contribution in [0, 0.1) is 0 Å². The predicted molar refractivity (Wildman–Crippen MR) is 84.3 cm³/mol. The standard InChI is InChI=1S/C17H25N3O/c1-14-11-18-9-10-20(14)12-16(21)19-13-17(7-8-17)15-5-3-2-4-6-15/h2-6,14,18H,7-13H2,1H3,(H,19,21)/t14-/m0/s1. The van der Waals surface area contributed by atoms with Crippen LogP contribution >= 0.6 is 0 Å². The van der Waals surface area contributed by atoms with E-state index >= 15 is 0 Å². The average Bonchev–Trinajstić information content (AvgIpc) is 3.30. The summed E-state index contributed by atoms with van der Waals surface area (Å²) in [7, 11) is 0. The number of hydrogen-bond acceptors (Lipinski definition) is 3. The van der Waals surface area contributed by atoms with Crippen molar-refractivity contribution < 1.29 is 4.79 Å². The van der Waals surface area contributed by atoms with Crippen molar-refractivity contribution in [1.82, 2.24) is 15.5 Å². The van der Waals surface area contributed by atoms with E-state index in [0.29, 0.717) is 12.6 Å². The summed E-state index contributed by atoms with van der Waals surface area (Å²) in [6.45, 7) is 6.38. The molecule has 114 valence electrons. The zero-order valence-electron chi connectivity index (χ0n) is 12.8. The Hall–Kier alpha value is -1.39. The molecule has 1 saturated carbocycles. The smallest absolute Gasteiger partial charge is 0.234 e. The van der Waals surface area contributed by atoms with Gasteiger partial charge in [-0.25, -0.2) is 0 Å². The second kappa shape index (κ2) is 6.16. The Bertz CT molecular complexity index is 484. The van der Waals surface area contributed by atoms with Gasteiger partial charge in [0.05, 0.1) is 6.54 Å². The number of benzene rings is 1. The van der Waals surface area contributed by atoms with Crippen molar-refractivity contribution in [3.05, 3.63) is 35.9 Å². The Morgan fingerprint density at radius 2 is 2.14 bits per heavy atom. The minimum Gasteiger partial charge on any atom is -0.354 e. The number of hydrogen-bond donors (Lipinski definition) is 2. The van der Waals surface area contributed by atoms with Gasteiger partial charge in [0.2, 0.25) is 5.91 Å². The van der Waals surface area contributed by atoms with Gasteiger partial charge in [0.1, 0.15) is 0 Å².